The van der Waals surface area contributed by atoms with Crippen LogP contribution in [-0.2, 0) is 0 Å². The van der Waals surface area contributed by atoms with Gasteiger partial charge in [0.25, 0.3) is 0 Å². The van der Waals surface area contributed by atoms with Crippen molar-refractivity contribution in [3.05, 3.63) is 0 Å². The third kappa shape index (κ3) is 2.07. The first-order chi connectivity index (χ1) is 6.20. The Morgan fingerprint density at radius 1 is 1.23 bits per heavy atom. The quantitative estimate of drug-likeness (QED) is 0.555. The Bertz CT molecular complexity index is 178. The lowest BCUT2D eigenvalue weighted by Gasteiger charge is -2.29. The molecule has 1 aliphatic heterocycles. The van der Waals surface area contributed by atoms with Crippen molar-refractivity contribution >= 4 is 0 Å². The third-order valence-electron chi connectivity index (χ3n) is 4.06. The van der Waals surface area contributed by atoms with E-state index >= 15 is 0 Å². The van der Waals surface area contributed by atoms with Crippen molar-refractivity contribution in [2.75, 3.05) is 20.1 Å². The van der Waals surface area contributed by atoms with Crippen LogP contribution in [-0.4, -0.2) is 25.0 Å². The second-order valence-electron chi connectivity index (χ2n) is 5.54. The number of hydrogen-bond acceptors (Lipinski definition) is 1. The summed E-state index contributed by atoms with van der Waals surface area (Å²) in [6.07, 6.45) is 8.91. The van der Waals surface area contributed by atoms with Crippen molar-refractivity contribution in [1.29, 1.82) is 0 Å². The van der Waals surface area contributed by atoms with E-state index in [2.05, 4.69) is 18.9 Å². The summed E-state index contributed by atoms with van der Waals surface area (Å²) in [7, 11) is 2.28. The third-order valence-corrected chi connectivity index (χ3v) is 4.06. The summed E-state index contributed by atoms with van der Waals surface area (Å²) in [6, 6.07) is 0. The van der Waals surface area contributed by atoms with Crippen LogP contribution in [0, 0.1) is 11.3 Å². The molecule has 0 radical (unpaired) electrons. The Labute approximate surface area is 82.5 Å². The lowest BCUT2D eigenvalue weighted by atomic mass is 9.77. The molecule has 1 nitrogen and oxygen atoms in total. The van der Waals surface area contributed by atoms with Crippen LogP contribution in [0.1, 0.15) is 45.4 Å². The molecule has 76 valence electrons. The van der Waals surface area contributed by atoms with Gasteiger partial charge in [0.05, 0.1) is 0 Å². The van der Waals surface area contributed by atoms with E-state index in [9.17, 15) is 0 Å². The first-order valence-electron chi connectivity index (χ1n) is 5.89. The second kappa shape index (κ2) is 3.61. The summed E-state index contributed by atoms with van der Waals surface area (Å²) in [4.78, 5) is 2.53. The van der Waals surface area contributed by atoms with Gasteiger partial charge in [-0.3, -0.25) is 0 Å². The van der Waals surface area contributed by atoms with Gasteiger partial charge in [-0.25, -0.2) is 0 Å². The monoisotopic (exact) mass is 181 g/mol. The summed E-state index contributed by atoms with van der Waals surface area (Å²) in [6.45, 7) is 5.16. The lowest BCUT2D eigenvalue weighted by Crippen LogP contribution is -2.26. The van der Waals surface area contributed by atoms with E-state index in [-0.39, 0.29) is 0 Å². The fourth-order valence-corrected chi connectivity index (χ4v) is 3.47. The first kappa shape index (κ1) is 9.51. The van der Waals surface area contributed by atoms with Crippen LogP contribution in [0.4, 0.5) is 0 Å². The van der Waals surface area contributed by atoms with Gasteiger partial charge < -0.3 is 4.90 Å². The summed E-state index contributed by atoms with van der Waals surface area (Å²) in [5, 5.41) is 0. The molecule has 0 N–H and O–H groups in total. The molecule has 2 rings (SSSR count). The van der Waals surface area contributed by atoms with E-state index in [0.717, 1.165) is 11.3 Å². The Morgan fingerprint density at radius 2 is 2.08 bits per heavy atom. The molecule has 2 fully saturated rings. The fourth-order valence-electron chi connectivity index (χ4n) is 3.47. The molecule has 13 heavy (non-hydrogen) atoms. The Hall–Kier alpha value is -0.0400. The van der Waals surface area contributed by atoms with Crippen LogP contribution >= 0.6 is 0 Å². The maximum absolute atomic E-state index is 2.53. The van der Waals surface area contributed by atoms with E-state index in [1.807, 2.05) is 0 Å². The Balaban J connectivity index is 2.03. The highest BCUT2D eigenvalue weighted by molar-refractivity contribution is 4.91. The molecule has 0 bridgehead atoms. The normalized spacial score (nSPS) is 42.5. The van der Waals surface area contributed by atoms with Crippen molar-refractivity contribution < 1.29 is 0 Å². The minimum Gasteiger partial charge on any atom is -0.306 e. The molecule has 2 unspecified atom stereocenters. The molecule has 1 saturated carbocycles. The molecule has 0 amide bonds. The first-order valence-corrected chi connectivity index (χ1v) is 5.89. The van der Waals surface area contributed by atoms with Crippen molar-refractivity contribution in [1.82, 2.24) is 4.90 Å². The van der Waals surface area contributed by atoms with Crippen LogP contribution in [0.5, 0.6) is 0 Å². The predicted octanol–water partition coefficient (Wildman–Crippen LogP) is 2.91. The fraction of sp³-hybridized carbons (Fsp3) is 1.00. The summed E-state index contributed by atoms with van der Waals surface area (Å²) in [5.74, 6) is 0.981. The average molecular weight is 181 g/mol. The van der Waals surface area contributed by atoms with Gasteiger partial charge in [-0.1, -0.05) is 26.2 Å². The SMILES string of the molecule is CC1CCCCC2(CCN(C)C2)C1. The summed E-state index contributed by atoms with van der Waals surface area (Å²) >= 11 is 0. The second-order valence-corrected chi connectivity index (χ2v) is 5.54. The molecule has 1 spiro atoms. The standard InChI is InChI=1S/C12H23N/c1-11-5-3-4-6-12(9-11)7-8-13(2)10-12/h11H,3-10H2,1-2H3. The zero-order valence-corrected chi connectivity index (χ0v) is 9.18. The van der Waals surface area contributed by atoms with Gasteiger partial charge in [0, 0.05) is 6.54 Å². The van der Waals surface area contributed by atoms with E-state index in [1.54, 1.807) is 0 Å². The van der Waals surface area contributed by atoms with E-state index < -0.39 is 0 Å². The number of hydrogen-bond donors (Lipinski definition) is 0. The van der Waals surface area contributed by atoms with Gasteiger partial charge in [0.2, 0.25) is 0 Å². The Kier molecular flexibility index (Phi) is 2.64. The van der Waals surface area contributed by atoms with E-state index in [0.29, 0.717) is 0 Å². The maximum atomic E-state index is 2.53. The van der Waals surface area contributed by atoms with Gasteiger partial charge in [-0.15, -0.1) is 0 Å². The number of nitrogens with zero attached hydrogens (tertiary/aromatic N) is 1. The zero-order chi connectivity index (χ0) is 9.31. The van der Waals surface area contributed by atoms with Crippen molar-refractivity contribution in [2.45, 2.75) is 45.4 Å². The van der Waals surface area contributed by atoms with Crippen LogP contribution in [0.15, 0.2) is 0 Å². The van der Waals surface area contributed by atoms with Crippen molar-refractivity contribution in [2.24, 2.45) is 11.3 Å². The number of likely N-dealkylation sites (tertiary alicyclic amines) is 1. The molecule has 1 heteroatoms. The van der Waals surface area contributed by atoms with Gasteiger partial charge in [-0.05, 0) is 44.2 Å². The molecule has 2 atom stereocenters. The van der Waals surface area contributed by atoms with Gasteiger partial charge in [0.1, 0.15) is 0 Å². The van der Waals surface area contributed by atoms with Gasteiger partial charge in [-0.2, -0.15) is 0 Å². The van der Waals surface area contributed by atoms with E-state index in [1.165, 1.54) is 51.6 Å². The minimum atomic E-state index is 0.727. The van der Waals surface area contributed by atoms with Crippen molar-refractivity contribution in [3.63, 3.8) is 0 Å². The molecule has 1 saturated heterocycles. The molecular weight excluding hydrogens is 158 g/mol. The summed E-state index contributed by atoms with van der Waals surface area (Å²) < 4.78 is 0. The molecule has 0 aromatic rings. The van der Waals surface area contributed by atoms with E-state index in [4.69, 9.17) is 0 Å². The van der Waals surface area contributed by atoms with Crippen LogP contribution in [0.3, 0.4) is 0 Å². The summed E-state index contributed by atoms with van der Waals surface area (Å²) in [5.41, 5.74) is 0.727. The van der Waals surface area contributed by atoms with Crippen molar-refractivity contribution in [3.8, 4) is 0 Å². The highest BCUT2D eigenvalue weighted by atomic mass is 15.1. The molecule has 2 aliphatic rings. The molecule has 1 aliphatic carbocycles. The van der Waals surface area contributed by atoms with Crippen LogP contribution in [0.25, 0.3) is 0 Å². The topological polar surface area (TPSA) is 3.24 Å². The lowest BCUT2D eigenvalue weighted by molar-refractivity contribution is 0.220. The minimum absolute atomic E-state index is 0.727. The predicted molar refractivity (Wildman–Crippen MR) is 56.8 cm³/mol. The highest BCUT2D eigenvalue weighted by Gasteiger charge is 2.38. The van der Waals surface area contributed by atoms with Gasteiger partial charge >= 0.3 is 0 Å². The maximum Gasteiger partial charge on any atom is 0.00355 e. The van der Waals surface area contributed by atoms with Crippen LogP contribution in [0.2, 0.25) is 0 Å². The smallest absolute Gasteiger partial charge is 0.00355 e. The molecule has 1 heterocycles. The largest absolute Gasteiger partial charge is 0.306 e. The zero-order valence-electron chi connectivity index (χ0n) is 9.18. The Morgan fingerprint density at radius 3 is 2.77 bits per heavy atom. The molecule has 0 aromatic carbocycles. The average Bonchev–Trinajstić information content (AvgIpc) is 2.30. The van der Waals surface area contributed by atoms with Crippen LogP contribution < -0.4 is 0 Å². The highest BCUT2D eigenvalue weighted by Crippen LogP contribution is 2.43. The number of rotatable bonds is 0. The molecule has 0 aromatic heterocycles. The van der Waals surface area contributed by atoms with Gasteiger partial charge in [0.15, 0.2) is 0 Å². The molecular formula is C12H23N.